The van der Waals surface area contributed by atoms with E-state index in [2.05, 4.69) is 21.2 Å². The number of nitrogens with one attached hydrogen (secondary N) is 1. The summed E-state index contributed by atoms with van der Waals surface area (Å²) < 4.78 is 35.2. The van der Waals surface area contributed by atoms with E-state index in [0.29, 0.717) is 23.1 Å². The lowest BCUT2D eigenvalue weighted by atomic mass is 10.1. The van der Waals surface area contributed by atoms with Crippen LogP contribution >= 0.6 is 27.5 Å². The number of hydrogen-bond acceptors (Lipinski definition) is 5. The van der Waals surface area contributed by atoms with Gasteiger partial charge < -0.3 is 15.0 Å². The number of amides is 2. The Bertz CT molecular complexity index is 1480. The van der Waals surface area contributed by atoms with E-state index in [1.165, 1.54) is 17.0 Å². The number of hydrogen-bond donors (Lipinski definition) is 1. The minimum absolute atomic E-state index is 0.0285. The molecule has 3 aromatic carbocycles. The molecule has 0 bridgehead atoms. The highest BCUT2D eigenvalue weighted by molar-refractivity contribution is 9.10. The first-order chi connectivity index (χ1) is 20.1. The molecular weight excluding hydrogens is 642 g/mol. The molecule has 0 heterocycles. The van der Waals surface area contributed by atoms with Crippen LogP contribution in [0, 0.1) is 0 Å². The van der Waals surface area contributed by atoms with E-state index in [9.17, 15) is 18.0 Å². The molecule has 1 unspecified atom stereocenters. The highest BCUT2D eigenvalue weighted by Gasteiger charge is 2.33. The van der Waals surface area contributed by atoms with Gasteiger partial charge in [0.1, 0.15) is 18.3 Å². The number of benzene rings is 3. The van der Waals surface area contributed by atoms with Crippen LogP contribution in [0.2, 0.25) is 5.02 Å². The van der Waals surface area contributed by atoms with E-state index in [-0.39, 0.29) is 23.4 Å². The Labute approximate surface area is 261 Å². The predicted molar refractivity (Wildman–Crippen MR) is 168 cm³/mol. The molecule has 1 aliphatic rings. The second kappa shape index (κ2) is 14.4. The molecule has 0 aliphatic heterocycles. The SMILES string of the molecule is CCOc1ccc(N(CC(=O)N(Cc2cccc(Cl)c2)C(C)C(=O)NC2CCCC2)S(=O)(=O)c2ccc(Br)cc2)cc1. The van der Waals surface area contributed by atoms with Gasteiger partial charge in [-0.3, -0.25) is 13.9 Å². The van der Waals surface area contributed by atoms with E-state index in [4.69, 9.17) is 16.3 Å². The molecule has 1 N–H and O–H groups in total. The zero-order valence-electron chi connectivity index (χ0n) is 23.6. The minimum Gasteiger partial charge on any atom is -0.494 e. The van der Waals surface area contributed by atoms with Gasteiger partial charge in [-0.15, -0.1) is 0 Å². The fourth-order valence-corrected chi connectivity index (χ4v) is 6.84. The van der Waals surface area contributed by atoms with Crippen LogP contribution in [0.25, 0.3) is 0 Å². The molecule has 1 saturated carbocycles. The number of carbonyl (C=O) groups is 2. The Morgan fingerprint density at radius 3 is 2.33 bits per heavy atom. The number of anilines is 1. The van der Waals surface area contributed by atoms with Crippen molar-refractivity contribution in [2.24, 2.45) is 0 Å². The van der Waals surface area contributed by atoms with Crippen molar-refractivity contribution < 1.29 is 22.7 Å². The van der Waals surface area contributed by atoms with Crippen molar-refractivity contribution in [1.82, 2.24) is 10.2 Å². The van der Waals surface area contributed by atoms with E-state index in [0.717, 1.165) is 40.0 Å². The molecule has 4 rings (SSSR count). The van der Waals surface area contributed by atoms with Crippen molar-refractivity contribution in [3.63, 3.8) is 0 Å². The van der Waals surface area contributed by atoms with Gasteiger partial charge in [0, 0.05) is 22.1 Å². The predicted octanol–water partition coefficient (Wildman–Crippen LogP) is 6.17. The summed E-state index contributed by atoms with van der Waals surface area (Å²) in [6.07, 6.45) is 3.90. The molecule has 0 aromatic heterocycles. The van der Waals surface area contributed by atoms with Gasteiger partial charge in [-0.1, -0.05) is 52.5 Å². The second-order valence-electron chi connectivity index (χ2n) is 10.2. The molecular formula is C31H35BrClN3O5S. The van der Waals surface area contributed by atoms with Gasteiger partial charge in [0.2, 0.25) is 11.8 Å². The fourth-order valence-electron chi connectivity index (χ4n) is 4.94. The van der Waals surface area contributed by atoms with Crippen LogP contribution in [0.3, 0.4) is 0 Å². The monoisotopic (exact) mass is 675 g/mol. The summed E-state index contributed by atoms with van der Waals surface area (Å²) in [5, 5.41) is 3.56. The first-order valence-corrected chi connectivity index (χ1v) is 16.5. The van der Waals surface area contributed by atoms with Crippen molar-refractivity contribution >= 4 is 55.1 Å². The highest BCUT2D eigenvalue weighted by atomic mass is 79.9. The quantitative estimate of drug-likeness (QED) is 0.248. The third-order valence-electron chi connectivity index (χ3n) is 7.23. The summed E-state index contributed by atoms with van der Waals surface area (Å²) in [5.74, 6) is -0.229. The largest absolute Gasteiger partial charge is 0.494 e. The number of sulfonamides is 1. The topological polar surface area (TPSA) is 96.0 Å². The molecule has 42 heavy (non-hydrogen) atoms. The molecule has 11 heteroatoms. The van der Waals surface area contributed by atoms with Crippen LogP contribution in [0.1, 0.15) is 45.1 Å². The van der Waals surface area contributed by atoms with E-state index in [1.807, 2.05) is 13.0 Å². The summed E-state index contributed by atoms with van der Waals surface area (Å²) in [4.78, 5) is 28.8. The van der Waals surface area contributed by atoms with Crippen molar-refractivity contribution in [1.29, 1.82) is 0 Å². The van der Waals surface area contributed by atoms with Crippen LogP contribution in [0.15, 0.2) is 82.2 Å². The smallest absolute Gasteiger partial charge is 0.264 e. The average Bonchev–Trinajstić information content (AvgIpc) is 3.48. The van der Waals surface area contributed by atoms with Crippen molar-refractivity contribution in [2.45, 2.75) is 63.1 Å². The maximum Gasteiger partial charge on any atom is 0.264 e. The number of halogens is 2. The Morgan fingerprint density at radius 2 is 1.71 bits per heavy atom. The summed E-state index contributed by atoms with van der Waals surface area (Å²) in [5.41, 5.74) is 1.01. The van der Waals surface area contributed by atoms with Crippen LogP contribution < -0.4 is 14.4 Å². The first-order valence-electron chi connectivity index (χ1n) is 13.9. The summed E-state index contributed by atoms with van der Waals surface area (Å²) in [6.45, 7) is 3.53. The maximum absolute atomic E-state index is 14.1. The highest BCUT2D eigenvalue weighted by Crippen LogP contribution is 2.28. The molecule has 0 radical (unpaired) electrons. The van der Waals surface area contributed by atoms with Crippen LogP contribution in [0.4, 0.5) is 5.69 Å². The second-order valence-corrected chi connectivity index (χ2v) is 13.4. The van der Waals surface area contributed by atoms with Crippen molar-refractivity contribution in [2.75, 3.05) is 17.5 Å². The maximum atomic E-state index is 14.1. The van der Waals surface area contributed by atoms with Crippen molar-refractivity contribution in [3.05, 3.63) is 87.9 Å². The Balaban J connectivity index is 1.69. The molecule has 1 fully saturated rings. The van der Waals surface area contributed by atoms with Crippen LogP contribution in [0.5, 0.6) is 5.75 Å². The fraction of sp³-hybridized carbons (Fsp3) is 0.355. The molecule has 1 aliphatic carbocycles. The van der Waals surface area contributed by atoms with Crippen LogP contribution in [-0.4, -0.2) is 50.4 Å². The number of nitrogens with zero attached hydrogens (tertiary/aromatic N) is 2. The van der Waals surface area contributed by atoms with Gasteiger partial charge in [0.05, 0.1) is 17.2 Å². The van der Waals surface area contributed by atoms with E-state index in [1.54, 1.807) is 61.5 Å². The van der Waals surface area contributed by atoms with Gasteiger partial charge in [-0.25, -0.2) is 8.42 Å². The molecule has 2 amide bonds. The lowest BCUT2D eigenvalue weighted by Crippen LogP contribution is -2.52. The molecule has 224 valence electrons. The van der Waals surface area contributed by atoms with Gasteiger partial charge in [0.15, 0.2) is 0 Å². The first kappa shape index (κ1) is 31.8. The molecule has 8 nitrogen and oxygen atoms in total. The lowest BCUT2D eigenvalue weighted by molar-refractivity contribution is -0.139. The lowest BCUT2D eigenvalue weighted by Gasteiger charge is -2.32. The zero-order chi connectivity index (χ0) is 30.3. The standard InChI is InChI=1S/C31H35BrClN3O5S/c1-3-41-28-15-13-27(14-16-28)36(42(39,40)29-17-11-24(32)12-18-29)21-30(37)35(20-23-7-6-8-25(33)19-23)22(2)31(38)34-26-9-4-5-10-26/h6-8,11-19,22,26H,3-5,9-10,20-21H2,1-2H3,(H,34,38). The van der Waals surface area contributed by atoms with Crippen LogP contribution in [-0.2, 0) is 26.2 Å². The van der Waals surface area contributed by atoms with Gasteiger partial charge in [-0.2, -0.15) is 0 Å². The Morgan fingerprint density at radius 1 is 1.05 bits per heavy atom. The Hall–Kier alpha value is -3.08. The molecule has 3 aromatic rings. The van der Waals surface area contributed by atoms with Gasteiger partial charge in [0.25, 0.3) is 10.0 Å². The van der Waals surface area contributed by atoms with Crippen molar-refractivity contribution in [3.8, 4) is 5.75 Å². The normalized spacial score (nSPS) is 14.3. The molecule has 0 saturated heterocycles. The minimum atomic E-state index is -4.17. The number of rotatable bonds is 12. The summed E-state index contributed by atoms with van der Waals surface area (Å²) in [7, 11) is -4.17. The number of carbonyl (C=O) groups excluding carboxylic acids is 2. The van der Waals surface area contributed by atoms with E-state index >= 15 is 0 Å². The van der Waals surface area contributed by atoms with Gasteiger partial charge in [-0.05, 0) is 92.9 Å². The molecule has 1 atom stereocenters. The molecule has 0 spiro atoms. The summed E-state index contributed by atoms with van der Waals surface area (Å²) in [6, 6.07) is 19.0. The third-order valence-corrected chi connectivity index (χ3v) is 9.78. The zero-order valence-corrected chi connectivity index (χ0v) is 26.8. The average molecular weight is 677 g/mol. The number of ether oxygens (including phenoxy) is 1. The summed E-state index contributed by atoms with van der Waals surface area (Å²) >= 11 is 9.56. The third kappa shape index (κ3) is 8.05. The van der Waals surface area contributed by atoms with Gasteiger partial charge >= 0.3 is 0 Å². The Kier molecular flexibility index (Phi) is 10.9. The van der Waals surface area contributed by atoms with E-state index < -0.39 is 28.5 Å².